The van der Waals surface area contributed by atoms with Crippen LogP contribution in [0.1, 0.15) is 23.8 Å². The van der Waals surface area contributed by atoms with Crippen molar-refractivity contribution in [3.8, 4) is 12.3 Å². The highest BCUT2D eigenvalue weighted by Crippen LogP contribution is 2.03. The zero-order valence-electron chi connectivity index (χ0n) is 7.93. The minimum Gasteiger partial charge on any atom is -0.326 e. The molecule has 14 heavy (non-hydrogen) atoms. The summed E-state index contributed by atoms with van der Waals surface area (Å²) < 4.78 is 3.64. The van der Waals surface area contributed by atoms with E-state index in [0.717, 1.165) is 18.0 Å². The summed E-state index contributed by atoms with van der Waals surface area (Å²) in [6.07, 6.45) is 6.05. The third-order valence-corrected chi connectivity index (χ3v) is 2.15. The Morgan fingerprint density at radius 2 is 2.57 bits per heavy atom. The Bertz CT molecular complexity index is 328. The lowest BCUT2D eigenvalue weighted by Gasteiger charge is -2.17. The van der Waals surface area contributed by atoms with Crippen LogP contribution in [0.25, 0.3) is 0 Å². The van der Waals surface area contributed by atoms with Crippen LogP contribution in [0.15, 0.2) is 5.38 Å². The molecule has 0 saturated heterocycles. The fourth-order valence-electron chi connectivity index (χ4n) is 1.05. The number of rotatable bonds is 4. The number of hydrogen-bond donors (Lipinski definition) is 0. The van der Waals surface area contributed by atoms with E-state index in [1.54, 1.807) is 10.3 Å². The van der Waals surface area contributed by atoms with E-state index < -0.39 is 0 Å². The Labute approximate surface area is 87.1 Å². The lowest BCUT2D eigenvalue weighted by atomic mass is 10.3. The minimum atomic E-state index is -0.140. The van der Waals surface area contributed by atoms with Crippen molar-refractivity contribution in [3.63, 3.8) is 0 Å². The molecule has 0 unspecified atom stereocenters. The molecule has 0 fully saturated rings. The molecule has 1 amide bonds. The topological polar surface area (TPSA) is 46.1 Å². The van der Waals surface area contributed by atoms with Gasteiger partial charge in [0.2, 0.25) is 0 Å². The van der Waals surface area contributed by atoms with E-state index in [1.165, 1.54) is 0 Å². The van der Waals surface area contributed by atoms with Crippen molar-refractivity contribution in [1.29, 1.82) is 0 Å². The molecule has 0 aromatic carbocycles. The largest absolute Gasteiger partial charge is 0.326 e. The van der Waals surface area contributed by atoms with Crippen molar-refractivity contribution < 1.29 is 4.79 Å². The maximum atomic E-state index is 11.7. The fraction of sp³-hybridized carbons (Fsp3) is 0.444. The molecule has 0 spiro atoms. The Morgan fingerprint density at radius 1 is 1.79 bits per heavy atom. The van der Waals surface area contributed by atoms with Crippen molar-refractivity contribution in [2.24, 2.45) is 0 Å². The van der Waals surface area contributed by atoms with Gasteiger partial charge in [-0.05, 0) is 18.0 Å². The van der Waals surface area contributed by atoms with Crippen LogP contribution in [0.4, 0.5) is 0 Å². The van der Waals surface area contributed by atoms with Gasteiger partial charge < -0.3 is 4.90 Å². The van der Waals surface area contributed by atoms with Gasteiger partial charge in [-0.1, -0.05) is 17.3 Å². The average Bonchev–Trinajstić information content (AvgIpc) is 2.69. The zero-order valence-corrected chi connectivity index (χ0v) is 8.75. The first-order valence-electron chi connectivity index (χ1n) is 4.29. The third kappa shape index (κ3) is 2.54. The third-order valence-electron chi connectivity index (χ3n) is 1.64. The number of amides is 1. The molecular formula is C9H11N3OS. The maximum absolute atomic E-state index is 11.7. The van der Waals surface area contributed by atoms with Crippen LogP contribution in [0.3, 0.4) is 0 Å². The normalized spacial score (nSPS) is 9.43. The molecule has 0 aliphatic rings. The molecule has 5 heteroatoms. The molecule has 1 aromatic heterocycles. The van der Waals surface area contributed by atoms with Gasteiger partial charge in [0.15, 0.2) is 5.69 Å². The van der Waals surface area contributed by atoms with E-state index in [4.69, 9.17) is 6.42 Å². The van der Waals surface area contributed by atoms with Gasteiger partial charge in [0.1, 0.15) is 0 Å². The van der Waals surface area contributed by atoms with Gasteiger partial charge in [-0.25, -0.2) is 0 Å². The van der Waals surface area contributed by atoms with Gasteiger partial charge in [0.25, 0.3) is 5.91 Å². The quantitative estimate of drug-likeness (QED) is 0.696. The first-order valence-corrected chi connectivity index (χ1v) is 5.13. The summed E-state index contributed by atoms with van der Waals surface area (Å²) in [4.78, 5) is 13.3. The van der Waals surface area contributed by atoms with Crippen LogP contribution < -0.4 is 0 Å². The molecule has 4 nitrogen and oxygen atoms in total. The molecule has 0 aliphatic heterocycles. The van der Waals surface area contributed by atoms with E-state index >= 15 is 0 Å². The van der Waals surface area contributed by atoms with Gasteiger partial charge in [-0.3, -0.25) is 4.79 Å². The van der Waals surface area contributed by atoms with Crippen LogP contribution in [0.5, 0.6) is 0 Å². The highest BCUT2D eigenvalue weighted by Gasteiger charge is 2.15. The number of carbonyl (C=O) groups excluding carboxylic acids is 1. The smallest absolute Gasteiger partial charge is 0.276 e. The van der Waals surface area contributed by atoms with Crippen molar-refractivity contribution in [2.45, 2.75) is 13.3 Å². The van der Waals surface area contributed by atoms with E-state index in [1.807, 2.05) is 6.92 Å². The van der Waals surface area contributed by atoms with Gasteiger partial charge >= 0.3 is 0 Å². The summed E-state index contributed by atoms with van der Waals surface area (Å²) in [5.41, 5.74) is 0.374. The number of aromatic nitrogens is 2. The van der Waals surface area contributed by atoms with Gasteiger partial charge in [-0.15, -0.1) is 11.5 Å². The molecule has 74 valence electrons. The van der Waals surface area contributed by atoms with Crippen molar-refractivity contribution in [3.05, 3.63) is 11.1 Å². The first kappa shape index (κ1) is 10.7. The lowest BCUT2D eigenvalue weighted by molar-refractivity contribution is 0.0771. The number of terminal acetylenes is 1. The Hall–Kier alpha value is -1.41. The molecule has 1 aromatic rings. The molecule has 0 radical (unpaired) electrons. The van der Waals surface area contributed by atoms with Crippen LogP contribution in [0.2, 0.25) is 0 Å². The highest BCUT2D eigenvalue weighted by molar-refractivity contribution is 7.03. The number of hydrogen-bond acceptors (Lipinski definition) is 4. The summed E-state index contributed by atoms with van der Waals surface area (Å²) in [5.74, 6) is 2.32. The summed E-state index contributed by atoms with van der Waals surface area (Å²) in [6.45, 7) is 2.97. The minimum absolute atomic E-state index is 0.140. The van der Waals surface area contributed by atoms with Gasteiger partial charge in [-0.2, -0.15) is 0 Å². The van der Waals surface area contributed by atoms with Gasteiger partial charge in [0.05, 0.1) is 6.54 Å². The summed E-state index contributed by atoms with van der Waals surface area (Å²) in [6, 6.07) is 0. The van der Waals surface area contributed by atoms with Crippen LogP contribution in [-0.4, -0.2) is 33.5 Å². The summed E-state index contributed by atoms with van der Waals surface area (Å²) in [7, 11) is 0. The summed E-state index contributed by atoms with van der Waals surface area (Å²) >= 11 is 1.16. The zero-order chi connectivity index (χ0) is 10.4. The van der Waals surface area contributed by atoms with Crippen molar-refractivity contribution >= 4 is 17.4 Å². The Morgan fingerprint density at radius 3 is 3.07 bits per heavy atom. The highest BCUT2D eigenvalue weighted by atomic mass is 32.1. The van der Waals surface area contributed by atoms with E-state index in [-0.39, 0.29) is 5.91 Å². The second-order valence-corrected chi connectivity index (χ2v) is 3.33. The molecule has 0 saturated carbocycles. The SMILES string of the molecule is C#CCN(CCC)C(=O)c1csnn1. The van der Waals surface area contributed by atoms with Crippen LogP contribution >= 0.6 is 11.5 Å². The standard InChI is InChI=1S/C9H11N3OS/c1-3-5-12(6-4-2)9(13)8-7-14-11-10-8/h1,7H,4-6H2,2H3. The van der Waals surface area contributed by atoms with Gasteiger partial charge in [0, 0.05) is 11.9 Å². The predicted octanol–water partition coefficient (Wildman–Crippen LogP) is 1.02. The second kappa shape index (κ2) is 5.35. The lowest BCUT2D eigenvalue weighted by Crippen LogP contribution is -2.32. The molecule has 1 rings (SSSR count). The Balaban J connectivity index is 2.69. The van der Waals surface area contributed by atoms with E-state index in [2.05, 4.69) is 15.5 Å². The predicted molar refractivity (Wildman–Crippen MR) is 54.9 cm³/mol. The first-order chi connectivity index (χ1) is 6.79. The van der Waals surface area contributed by atoms with Crippen molar-refractivity contribution in [1.82, 2.24) is 14.5 Å². The monoisotopic (exact) mass is 209 g/mol. The summed E-state index contributed by atoms with van der Waals surface area (Å²) in [5, 5.41) is 5.34. The van der Waals surface area contributed by atoms with Crippen LogP contribution in [0, 0.1) is 12.3 Å². The van der Waals surface area contributed by atoms with Crippen molar-refractivity contribution in [2.75, 3.05) is 13.1 Å². The number of nitrogens with zero attached hydrogens (tertiary/aromatic N) is 3. The number of carbonyl (C=O) groups is 1. The second-order valence-electron chi connectivity index (χ2n) is 2.72. The van der Waals surface area contributed by atoms with E-state index in [9.17, 15) is 4.79 Å². The molecule has 0 N–H and O–H groups in total. The Kier molecular flexibility index (Phi) is 4.08. The van der Waals surface area contributed by atoms with Crippen LogP contribution in [-0.2, 0) is 0 Å². The molecule has 0 atom stereocenters. The average molecular weight is 209 g/mol. The maximum Gasteiger partial charge on any atom is 0.276 e. The molecular weight excluding hydrogens is 198 g/mol. The fourth-order valence-corrected chi connectivity index (χ4v) is 1.48. The molecule has 1 heterocycles. The molecule has 0 bridgehead atoms. The molecule has 0 aliphatic carbocycles. The van der Waals surface area contributed by atoms with E-state index in [0.29, 0.717) is 18.8 Å².